The van der Waals surface area contributed by atoms with Crippen molar-refractivity contribution in [2.24, 2.45) is 0 Å². The Bertz CT molecular complexity index is 628. The number of halogens is 2. The van der Waals surface area contributed by atoms with Crippen LogP contribution in [0.2, 0.25) is 0 Å². The molecule has 0 spiro atoms. The van der Waals surface area contributed by atoms with Crippen LogP contribution in [0.1, 0.15) is 0 Å². The minimum atomic E-state index is -3.58. The average Bonchev–Trinajstić information content (AvgIpc) is 2.31. The molecule has 2 heterocycles. The monoisotopic (exact) mass is 465 g/mol. The molecule has 0 bridgehead atoms. The molecule has 0 fully saturated rings. The van der Waals surface area contributed by atoms with E-state index in [1.54, 1.807) is 12.4 Å². The number of hydrogen-bond donors (Lipinski definition) is 0. The van der Waals surface area contributed by atoms with Crippen LogP contribution in [0.5, 0.6) is 0 Å². The molecule has 0 aromatic carbocycles. The first-order valence-electron chi connectivity index (χ1n) is 4.53. The van der Waals surface area contributed by atoms with Crippen LogP contribution >= 0.6 is 24.8 Å². The molecule has 0 atom stereocenters. The van der Waals surface area contributed by atoms with Crippen molar-refractivity contribution in [3.05, 3.63) is 48.8 Å². The van der Waals surface area contributed by atoms with Crippen LogP contribution in [0, 0.1) is 0 Å². The Morgan fingerprint density at radius 1 is 0.722 bits per heavy atom. The van der Waals surface area contributed by atoms with Crippen molar-refractivity contribution in [1.82, 2.24) is 9.97 Å². The molecule has 2 aromatic rings. The molecule has 0 saturated carbocycles. The topological polar surface area (TPSA) is 25.8 Å². The Balaban J connectivity index is 0.00000144. The molecule has 0 amide bonds. The Hall–Kier alpha value is -0.822. The van der Waals surface area contributed by atoms with E-state index in [2.05, 4.69) is 24.7 Å². The summed E-state index contributed by atoms with van der Waals surface area (Å²) in [4.78, 5) is 21.6. The summed E-state index contributed by atoms with van der Waals surface area (Å²) in [6.45, 7) is 0. The van der Waals surface area contributed by atoms with Gasteiger partial charge in [0.15, 0.2) is 0 Å². The predicted octanol–water partition coefficient (Wildman–Crippen LogP) is 1.26. The van der Waals surface area contributed by atoms with E-state index in [1.165, 1.54) is 0 Å². The van der Waals surface area contributed by atoms with E-state index >= 15 is 0 Å². The third kappa shape index (κ3) is 3.14. The fourth-order valence-electron chi connectivity index (χ4n) is 1.24. The number of rotatable bonds is 2. The summed E-state index contributed by atoms with van der Waals surface area (Å²) >= 11 is -3.58. The maximum absolute atomic E-state index is 4.35. The molecule has 0 unspecified atom stereocenters. The maximum atomic E-state index is 4.35. The van der Waals surface area contributed by atoms with E-state index in [-0.39, 0.29) is 24.8 Å². The van der Waals surface area contributed by atoms with Crippen molar-refractivity contribution in [2.45, 2.75) is 0 Å². The zero-order chi connectivity index (χ0) is 11.7. The quantitative estimate of drug-likeness (QED) is 0.667. The Morgan fingerprint density at radius 2 is 1.11 bits per heavy atom. The fourth-order valence-corrected chi connectivity index (χ4v) is 6.13. The molecule has 18 heavy (non-hydrogen) atoms. The SMILES string of the molecule is Cl.Cl.[CH2]=[Pt](=[CH2])(=[CH2])([c]1ccccn1)[c]1ccccn1. The van der Waals surface area contributed by atoms with Crippen molar-refractivity contribution in [3.8, 4) is 0 Å². The van der Waals surface area contributed by atoms with Crippen molar-refractivity contribution < 1.29 is 13.4 Å². The molecule has 2 aromatic heterocycles. The van der Waals surface area contributed by atoms with E-state index < -0.39 is 13.4 Å². The summed E-state index contributed by atoms with van der Waals surface area (Å²) in [6, 6.07) is 11.5. The van der Waals surface area contributed by atoms with Gasteiger partial charge in [-0.2, -0.15) is 0 Å². The molecule has 0 saturated heterocycles. The predicted molar refractivity (Wildman–Crippen MR) is 83.6 cm³/mol. The zero-order valence-corrected chi connectivity index (χ0v) is 13.7. The molecular formula is C13H16Cl2N2Pt. The van der Waals surface area contributed by atoms with E-state index in [0.717, 1.165) is 8.17 Å². The first kappa shape index (κ1) is 17.2. The van der Waals surface area contributed by atoms with E-state index in [9.17, 15) is 0 Å². The molecule has 5 heteroatoms. The summed E-state index contributed by atoms with van der Waals surface area (Å²) in [5, 5.41) is 0. The molecule has 0 radical (unpaired) electrons. The van der Waals surface area contributed by atoms with Gasteiger partial charge in [-0.05, 0) is 0 Å². The standard InChI is InChI=1S/2C5H4N.3CH2.2ClH.Pt/c2*1-2-4-6-5-3-1;;;;;;/h2*1-4H;3*1H2;2*1H;. The molecule has 102 valence electrons. The molecule has 2 nitrogen and oxygen atoms in total. The van der Waals surface area contributed by atoms with Crippen molar-refractivity contribution in [3.63, 3.8) is 0 Å². The first-order chi connectivity index (χ1) is 7.49. The third-order valence-electron chi connectivity index (χ3n) is 2.07. The molecule has 0 N–H and O–H groups in total. The van der Waals surface area contributed by atoms with Gasteiger partial charge in [0.05, 0.1) is 0 Å². The van der Waals surface area contributed by atoms with Gasteiger partial charge in [0, 0.05) is 0 Å². The molecule has 0 aliphatic heterocycles. The van der Waals surface area contributed by atoms with Crippen LogP contribution in [-0.2, 0) is 13.4 Å². The number of aromatic nitrogens is 2. The molecule has 0 aliphatic rings. The minimum absolute atomic E-state index is 0. The van der Waals surface area contributed by atoms with Gasteiger partial charge >= 0.3 is 95.1 Å². The van der Waals surface area contributed by atoms with Crippen LogP contribution in [0.4, 0.5) is 0 Å². The van der Waals surface area contributed by atoms with Crippen LogP contribution in [0.15, 0.2) is 48.8 Å². The van der Waals surface area contributed by atoms with Crippen molar-refractivity contribution >= 4 is 47.7 Å². The van der Waals surface area contributed by atoms with Gasteiger partial charge in [0.25, 0.3) is 0 Å². The van der Waals surface area contributed by atoms with Crippen molar-refractivity contribution in [2.75, 3.05) is 0 Å². The van der Waals surface area contributed by atoms with Gasteiger partial charge in [-0.1, -0.05) is 0 Å². The van der Waals surface area contributed by atoms with Crippen molar-refractivity contribution in [1.29, 1.82) is 0 Å². The van der Waals surface area contributed by atoms with Crippen LogP contribution in [0.3, 0.4) is 0 Å². The van der Waals surface area contributed by atoms with E-state index in [0.29, 0.717) is 0 Å². The Kier molecular flexibility index (Phi) is 5.61. The van der Waals surface area contributed by atoms with Crippen LogP contribution in [-0.4, -0.2) is 24.7 Å². The van der Waals surface area contributed by atoms with Gasteiger partial charge < -0.3 is 0 Å². The number of nitrogens with zero attached hydrogens (tertiary/aromatic N) is 2. The second kappa shape index (κ2) is 5.88. The van der Waals surface area contributed by atoms with E-state index in [4.69, 9.17) is 0 Å². The van der Waals surface area contributed by atoms with Gasteiger partial charge in [-0.3, -0.25) is 0 Å². The zero-order valence-electron chi connectivity index (χ0n) is 9.77. The summed E-state index contributed by atoms with van der Waals surface area (Å²) in [5.41, 5.74) is 0. The molecular weight excluding hydrogens is 450 g/mol. The van der Waals surface area contributed by atoms with Gasteiger partial charge in [0.2, 0.25) is 0 Å². The average molecular weight is 466 g/mol. The molecule has 0 aliphatic carbocycles. The summed E-state index contributed by atoms with van der Waals surface area (Å²) < 4.78 is 1.76. The van der Waals surface area contributed by atoms with E-state index in [1.807, 2.05) is 36.4 Å². The Morgan fingerprint density at radius 3 is 1.39 bits per heavy atom. The number of pyridine rings is 2. The summed E-state index contributed by atoms with van der Waals surface area (Å²) in [7, 11) is 0. The van der Waals surface area contributed by atoms with Gasteiger partial charge in [-0.25, -0.2) is 0 Å². The normalized spacial score (nSPS) is 12.3. The summed E-state index contributed by atoms with van der Waals surface area (Å²) in [5.74, 6) is 0. The second-order valence-electron chi connectivity index (χ2n) is 3.47. The Labute approximate surface area is 119 Å². The summed E-state index contributed by atoms with van der Waals surface area (Å²) in [6.07, 6.45) is 3.50. The van der Waals surface area contributed by atoms with Gasteiger partial charge in [0.1, 0.15) is 0 Å². The van der Waals surface area contributed by atoms with Gasteiger partial charge in [-0.15, -0.1) is 24.8 Å². The molecule has 2 rings (SSSR count). The van der Waals surface area contributed by atoms with Crippen LogP contribution < -0.4 is 8.17 Å². The third-order valence-corrected chi connectivity index (χ3v) is 9.52. The fraction of sp³-hybridized carbons (Fsp3) is 0. The van der Waals surface area contributed by atoms with Crippen LogP contribution in [0.25, 0.3) is 0 Å². The first-order valence-corrected chi connectivity index (χ1v) is 11.6. The number of hydrogen-bond acceptors (Lipinski definition) is 2. The second-order valence-corrected chi connectivity index (χ2v) is 14.6.